The van der Waals surface area contributed by atoms with Gasteiger partial charge in [-0.15, -0.1) is 0 Å². The zero-order chi connectivity index (χ0) is 18.0. The number of hydrogen-bond acceptors (Lipinski definition) is 12. The van der Waals surface area contributed by atoms with Crippen LogP contribution >= 0.6 is 0 Å². The molecule has 0 atom stereocenters. The second-order valence-electron chi connectivity index (χ2n) is 1.97. The van der Waals surface area contributed by atoms with E-state index in [-0.39, 0.29) is 19.5 Å². The maximum Gasteiger partial charge on any atom is 4.00 e. The summed E-state index contributed by atoms with van der Waals surface area (Å²) in [5.74, 6) is 0. The van der Waals surface area contributed by atoms with E-state index in [0.717, 1.165) is 0 Å². The summed E-state index contributed by atoms with van der Waals surface area (Å²) in [4.78, 5) is 0. The van der Waals surface area contributed by atoms with Crippen molar-refractivity contribution in [3.05, 3.63) is 0 Å². The fourth-order valence-corrected chi connectivity index (χ4v) is 0. The van der Waals surface area contributed by atoms with Crippen LogP contribution in [0.5, 0.6) is 0 Å². The molecule has 0 bridgehead atoms. The van der Waals surface area contributed by atoms with Gasteiger partial charge in [-0.3, -0.25) is 0 Å². The van der Waals surface area contributed by atoms with Crippen molar-refractivity contribution >= 4 is 41.2 Å². The molecule has 0 aromatic heterocycles. The van der Waals surface area contributed by atoms with Crippen LogP contribution in [-0.4, -0.2) is 51.9 Å². The summed E-state index contributed by atoms with van der Waals surface area (Å²) in [5, 5.41) is 15.1. The van der Waals surface area contributed by atoms with Gasteiger partial charge < -0.3 is 18.2 Å². The molecule has 0 rings (SSSR count). The molecule has 0 aliphatic heterocycles. The van der Waals surface area contributed by atoms with E-state index in [0.29, 0.717) is 0 Å². The Kier molecular flexibility index (Phi) is 19.8. The van der Waals surface area contributed by atoms with Crippen molar-refractivity contribution in [2.45, 2.75) is 0 Å². The van der Waals surface area contributed by atoms with Gasteiger partial charge in [-0.05, 0) is 0 Å². The summed E-state index contributed by atoms with van der Waals surface area (Å²) in [6.45, 7) is 0. The average Bonchev–Trinajstić information content (AvgIpc) is 1.62. The zero-order valence-corrected chi connectivity index (χ0v) is 14.2. The Morgan fingerprint density at radius 2 is 0.429 bits per heavy atom. The maximum absolute atomic E-state index is 8.85. The first-order valence-corrected chi connectivity index (χ1v) is 8.83. The van der Waals surface area contributed by atoms with Crippen molar-refractivity contribution in [1.29, 1.82) is 0 Å². The van der Waals surface area contributed by atoms with E-state index in [9.17, 15) is 0 Å². The molecule has 0 heterocycles. The van der Waals surface area contributed by atoms with Gasteiger partial charge in [0.25, 0.3) is 0 Å². The molecule has 0 aliphatic carbocycles. The monoisotopic (exact) mass is 486 g/mol. The van der Waals surface area contributed by atoms with Crippen LogP contribution < -0.4 is 20.6 Å². The Morgan fingerprint density at radius 3 is 0.429 bits per heavy atom. The standard InChI is InChI=1S/4H3NO3S.Ru/c4*1-5(2,3)4;/h4*(H3,1,2,3,4);/q;;;;+4/p-4. The molecule has 21 heavy (non-hydrogen) atoms. The Morgan fingerprint density at radius 1 is 0.429 bits per heavy atom. The van der Waals surface area contributed by atoms with Gasteiger partial charge in [-0.1, -0.05) is 0 Å². The van der Waals surface area contributed by atoms with Gasteiger partial charge >= 0.3 is 19.5 Å². The smallest absolute Gasteiger partial charge is 0.736 e. The SMILES string of the molecule is NS(=O)(=O)[O-].NS(=O)(=O)[O-].NS(=O)(=O)[O-].NS(=O)(=O)[O-].[Ru+4]. The summed E-state index contributed by atoms with van der Waals surface area (Å²) in [6.07, 6.45) is 0. The fraction of sp³-hybridized carbons (Fsp3) is 0. The molecule has 0 aromatic rings. The second kappa shape index (κ2) is 12.6. The first kappa shape index (κ1) is 32.9. The first-order chi connectivity index (χ1) is 8.00. The van der Waals surface area contributed by atoms with Crippen molar-refractivity contribution in [2.75, 3.05) is 0 Å². The molecule has 0 saturated heterocycles. The van der Waals surface area contributed by atoms with Crippen molar-refractivity contribution in [2.24, 2.45) is 20.6 Å². The molecule has 16 nitrogen and oxygen atoms in total. The Labute approximate surface area is 133 Å². The van der Waals surface area contributed by atoms with E-state index in [1.807, 2.05) is 0 Å². The van der Waals surface area contributed by atoms with E-state index < -0.39 is 41.2 Å². The van der Waals surface area contributed by atoms with Crippen LogP contribution in [0.15, 0.2) is 0 Å². The molecular formula is H8N4O12RuS4. The van der Waals surface area contributed by atoms with E-state index >= 15 is 0 Å². The van der Waals surface area contributed by atoms with E-state index in [1.165, 1.54) is 0 Å². The Bertz CT molecular complexity index is 486. The van der Waals surface area contributed by atoms with Gasteiger partial charge in [-0.25, -0.2) is 54.2 Å². The molecule has 0 unspecified atom stereocenters. The molecule has 0 aromatic carbocycles. The third-order valence-corrected chi connectivity index (χ3v) is 0. The molecule has 8 N–H and O–H groups in total. The summed E-state index contributed by atoms with van der Waals surface area (Å²) in [6, 6.07) is 0. The van der Waals surface area contributed by atoms with Crippen LogP contribution in [-0.2, 0) is 60.7 Å². The van der Waals surface area contributed by atoms with Gasteiger partial charge in [0.1, 0.15) is 0 Å². The molecule has 0 spiro atoms. The quantitative estimate of drug-likeness (QED) is 0.184. The Hall–Kier alpha value is 0.103. The van der Waals surface area contributed by atoms with Gasteiger partial charge in [0, 0.05) is 0 Å². The van der Waals surface area contributed by atoms with Crippen LogP contribution in [0.4, 0.5) is 0 Å². The molecule has 21 heteroatoms. The fourth-order valence-electron chi connectivity index (χ4n) is 0. The van der Waals surface area contributed by atoms with E-state index in [2.05, 4.69) is 20.6 Å². The molecule has 0 radical (unpaired) electrons. The van der Waals surface area contributed by atoms with Crippen LogP contribution in [0.2, 0.25) is 0 Å². The zero-order valence-electron chi connectivity index (χ0n) is 9.19. The summed E-state index contributed by atoms with van der Waals surface area (Å²) < 4.78 is 106. The third kappa shape index (κ3) is 617000. The minimum absolute atomic E-state index is 0. The van der Waals surface area contributed by atoms with Crippen LogP contribution in [0.3, 0.4) is 0 Å². The van der Waals surface area contributed by atoms with Crippen LogP contribution in [0.25, 0.3) is 0 Å². The molecule has 0 fully saturated rings. The largest absolute Gasteiger partial charge is 4.00 e. The maximum atomic E-state index is 8.85. The number of hydrogen-bond donors (Lipinski definition) is 4. The van der Waals surface area contributed by atoms with Gasteiger partial charge in [0.2, 0.25) is 0 Å². The average molecular weight is 485 g/mol. The van der Waals surface area contributed by atoms with Crippen molar-refractivity contribution in [3.63, 3.8) is 0 Å². The number of nitrogens with two attached hydrogens (primary N) is 4. The predicted molar refractivity (Wildman–Crippen MR) is 55.5 cm³/mol. The molecule has 0 aliphatic rings. The molecule has 132 valence electrons. The topological polar surface area (TPSA) is 333 Å². The summed E-state index contributed by atoms with van der Waals surface area (Å²) in [5.41, 5.74) is 0. The third-order valence-electron chi connectivity index (χ3n) is 0. The van der Waals surface area contributed by atoms with E-state index in [4.69, 9.17) is 51.9 Å². The van der Waals surface area contributed by atoms with Crippen molar-refractivity contribution in [1.82, 2.24) is 0 Å². The van der Waals surface area contributed by atoms with Gasteiger partial charge in [-0.2, -0.15) is 0 Å². The van der Waals surface area contributed by atoms with Gasteiger partial charge in [0.15, 0.2) is 41.2 Å². The van der Waals surface area contributed by atoms with Crippen molar-refractivity contribution in [3.8, 4) is 0 Å². The summed E-state index contributed by atoms with van der Waals surface area (Å²) >= 11 is 0. The van der Waals surface area contributed by atoms with Gasteiger partial charge in [0.05, 0.1) is 0 Å². The Balaban J connectivity index is -0.0000000533. The van der Waals surface area contributed by atoms with Crippen molar-refractivity contribution < 1.29 is 71.4 Å². The second-order valence-corrected chi connectivity index (χ2v) is 5.91. The normalized spacial score (nSPS) is 11.0. The first-order valence-electron chi connectivity index (χ1n) is 2.94. The number of rotatable bonds is 0. The minimum Gasteiger partial charge on any atom is -0.736 e. The molecule has 0 saturated carbocycles. The summed E-state index contributed by atoms with van der Waals surface area (Å²) in [7, 11) is -17.7. The van der Waals surface area contributed by atoms with Crippen LogP contribution in [0, 0.1) is 0 Å². The molecule has 0 amide bonds. The minimum atomic E-state index is -4.42. The van der Waals surface area contributed by atoms with E-state index in [1.54, 1.807) is 0 Å². The molecular weight excluding hydrogens is 477 g/mol. The predicted octanol–water partition coefficient (Wildman–Crippen LogP) is -6.38. The van der Waals surface area contributed by atoms with Crippen LogP contribution in [0.1, 0.15) is 0 Å².